The Morgan fingerprint density at radius 2 is 2.00 bits per heavy atom. The summed E-state index contributed by atoms with van der Waals surface area (Å²) in [6.45, 7) is 3.01. The van der Waals surface area contributed by atoms with Gasteiger partial charge in [-0.3, -0.25) is 0 Å². The molecule has 1 rings (SSSR count). The standard InChI is InChI=1S/C11H13ClO4/c1-11(2,9(14)10(15)16)8-6(12)4-3-5-7(8)13/h3-5,9,13-14H,1-2H3,(H,15,16). The number of hydrogen-bond donors (Lipinski definition) is 3. The molecular formula is C11H13ClO4. The summed E-state index contributed by atoms with van der Waals surface area (Å²) in [6.07, 6.45) is -1.64. The number of aliphatic carboxylic acids is 1. The second kappa shape index (κ2) is 4.31. The molecule has 1 aromatic carbocycles. The van der Waals surface area contributed by atoms with Crippen LogP contribution in [0.5, 0.6) is 5.75 Å². The van der Waals surface area contributed by atoms with Gasteiger partial charge in [-0.2, -0.15) is 0 Å². The molecule has 1 atom stereocenters. The molecule has 3 N–H and O–H groups in total. The molecule has 0 radical (unpaired) electrons. The van der Waals surface area contributed by atoms with Crippen LogP contribution in [0.2, 0.25) is 5.02 Å². The van der Waals surface area contributed by atoms with Crippen LogP contribution in [0.4, 0.5) is 0 Å². The van der Waals surface area contributed by atoms with Crippen molar-refractivity contribution in [3.05, 3.63) is 28.8 Å². The van der Waals surface area contributed by atoms with Crippen molar-refractivity contribution in [1.29, 1.82) is 0 Å². The summed E-state index contributed by atoms with van der Waals surface area (Å²) in [6, 6.07) is 4.48. The van der Waals surface area contributed by atoms with Gasteiger partial charge < -0.3 is 15.3 Å². The molecular weight excluding hydrogens is 232 g/mol. The largest absolute Gasteiger partial charge is 0.508 e. The average Bonchev–Trinajstić information content (AvgIpc) is 2.15. The van der Waals surface area contributed by atoms with Crippen molar-refractivity contribution in [2.45, 2.75) is 25.4 Å². The quantitative estimate of drug-likeness (QED) is 0.757. The van der Waals surface area contributed by atoms with Gasteiger partial charge in [-0.25, -0.2) is 4.79 Å². The van der Waals surface area contributed by atoms with E-state index < -0.39 is 17.5 Å². The van der Waals surface area contributed by atoms with Crippen molar-refractivity contribution in [2.75, 3.05) is 0 Å². The van der Waals surface area contributed by atoms with Gasteiger partial charge in [-0.05, 0) is 12.1 Å². The van der Waals surface area contributed by atoms with Gasteiger partial charge in [0.2, 0.25) is 0 Å². The van der Waals surface area contributed by atoms with E-state index in [1.807, 2.05) is 0 Å². The van der Waals surface area contributed by atoms with Crippen molar-refractivity contribution >= 4 is 17.6 Å². The van der Waals surface area contributed by atoms with Crippen LogP contribution >= 0.6 is 11.6 Å². The zero-order valence-corrected chi connectivity index (χ0v) is 9.69. The molecule has 0 spiro atoms. The molecule has 0 fully saturated rings. The third kappa shape index (κ3) is 2.13. The molecule has 0 aliphatic heterocycles. The van der Waals surface area contributed by atoms with E-state index in [4.69, 9.17) is 16.7 Å². The highest BCUT2D eigenvalue weighted by Gasteiger charge is 2.38. The molecule has 0 saturated carbocycles. The maximum Gasteiger partial charge on any atom is 0.333 e. The molecule has 0 bridgehead atoms. The van der Waals surface area contributed by atoms with Crippen LogP contribution in [-0.2, 0) is 10.2 Å². The van der Waals surface area contributed by atoms with Crippen molar-refractivity contribution in [1.82, 2.24) is 0 Å². The Morgan fingerprint density at radius 3 is 2.44 bits per heavy atom. The SMILES string of the molecule is CC(C)(c1c(O)cccc1Cl)C(O)C(=O)O. The van der Waals surface area contributed by atoms with Gasteiger partial charge >= 0.3 is 5.97 Å². The maximum absolute atomic E-state index is 10.8. The van der Waals surface area contributed by atoms with Gasteiger partial charge in [0.05, 0.1) is 0 Å². The fourth-order valence-corrected chi connectivity index (χ4v) is 2.01. The molecule has 0 saturated heterocycles. The number of hydrogen-bond acceptors (Lipinski definition) is 3. The number of carboxylic acid groups (broad SMARTS) is 1. The molecule has 88 valence electrons. The summed E-state index contributed by atoms with van der Waals surface area (Å²) >= 11 is 5.90. The Kier molecular flexibility index (Phi) is 3.45. The Bertz CT molecular complexity index is 394. The minimum Gasteiger partial charge on any atom is -0.508 e. The molecule has 0 aromatic heterocycles. The number of phenolic OH excluding ortho intramolecular Hbond substituents is 1. The predicted octanol–water partition coefficient (Wildman–Crippen LogP) is 1.77. The summed E-state index contributed by atoms with van der Waals surface area (Å²) in [5.41, 5.74) is -0.944. The summed E-state index contributed by atoms with van der Waals surface area (Å²) in [5, 5.41) is 28.3. The number of rotatable bonds is 3. The average molecular weight is 245 g/mol. The number of halogens is 1. The molecule has 0 aliphatic rings. The van der Waals surface area contributed by atoms with E-state index in [1.54, 1.807) is 6.07 Å². The molecule has 0 heterocycles. The van der Waals surface area contributed by atoms with E-state index in [9.17, 15) is 15.0 Å². The van der Waals surface area contributed by atoms with Gasteiger partial charge in [-0.15, -0.1) is 0 Å². The zero-order chi connectivity index (χ0) is 12.5. The Labute approximate surface area is 98.1 Å². The Balaban J connectivity index is 3.31. The van der Waals surface area contributed by atoms with E-state index >= 15 is 0 Å². The van der Waals surface area contributed by atoms with Crippen LogP contribution < -0.4 is 0 Å². The third-order valence-electron chi connectivity index (χ3n) is 2.55. The summed E-state index contributed by atoms with van der Waals surface area (Å²) in [4.78, 5) is 10.8. The van der Waals surface area contributed by atoms with Gasteiger partial charge in [0.1, 0.15) is 5.75 Å². The monoisotopic (exact) mass is 244 g/mol. The number of aromatic hydroxyl groups is 1. The molecule has 0 aliphatic carbocycles. The topological polar surface area (TPSA) is 77.8 Å². The first kappa shape index (κ1) is 12.8. The summed E-state index contributed by atoms with van der Waals surface area (Å²) in [7, 11) is 0. The number of phenols is 1. The Hall–Kier alpha value is -1.26. The highest BCUT2D eigenvalue weighted by atomic mass is 35.5. The van der Waals surface area contributed by atoms with Gasteiger partial charge in [0, 0.05) is 16.0 Å². The number of aliphatic hydroxyl groups is 1. The zero-order valence-electron chi connectivity index (χ0n) is 8.94. The van der Waals surface area contributed by atoms with E-state index in [2.05, 4.69) is 0 Å². The fraction of sp³-hybridized carbons (Fsp3) is 0.364. The van der Waals surface area contributed by atoms with Gasteiger partial charge in [-0.1, -0.05) is 31.5 Å². The third-order valence-corrected chi connectivity index (χ3v) is 2.87. The highest BCUT2D eigenvalue weighted by molar-refractivity contribution is 6.31. The smallest absolute Gasteiger partial charge is 0.333 e. The molecule has 0 amide bonds. The molecule has 4 nitrogen and oxygen atoms in total. The lowest BCUT2D eigenvalue weighted by Crippen LogP contribution is -2.40. The minimum absolute atomic E-state index is 0.127. The maximum atomic E-state index is 10.8. The van der Waals surface area contributed by atoms with E-state index in [1.165, 1.54) is 26.0 Å². The first-order valence-corrected chi connectivity index (χ1v) is 5.05. The van der Waals surface area contributed by atoms with Crippen LogP contribution in [0, 0.1) is 0 Å². The second-order valence-electron chi connectivity index (χ2n) is 4.10. The lowest BCUT2D eigenvalue weighted by molar-refractivity contribution is -0.150. The first-order chi connectivity index (χ1) is 7.28. The van der Waals surface area contributed by atoms with E-state index in [-0.39, 0.29) is 16.3 Å². The second-order valence-corrected chi connectivity index (χ2v) is 4.50. The van der Waals surface area contributed by atoms with Gasteiger partial charge in [0.25, 0.3) is 0 Å². The number of carboxylic acids is 1. The Morgan fingerprint density at radius 1 is 1.44 bits per heavy atom. The summed E-state index contributed by atoms with van der Waals surface area (Å²) in [5.74, 6) is -1.48. The molecule has 1 unspecified atom stereocenters. The van der Waals surface area contributed by atoms with Crippen LogP contribution in [-0.4, -0.2) is 27.4 Å². The predicted molar refractivity (Wildman–Crippen MR) is 59.8 cm³/mol. The lowest BCUT2D eigenvalue weighted by Gasteiger charge is -2.29. The summed E-state index contributed by atoms with van der Waals surface area (Å²) < 4.78 is 0. The number of carbonyl (C=O) groups is 1. The highest BCUT2D eigenvalue weighted by Crippen LogP contribution is 2.38. The van der Waals surface area contributed by atoms with Crippen molar-refractivity contribution < 1.29 is 20.1 Å². The van der Waals surface area contributed by atoms with Crippen molar-refractivity contribution in [3.8, 4) is 5.75 Å². The van der Waals surface area contributed by atoms with E-state index in [0.717, 1.165) is 0 Å². The normalized spacial score (nSPS) is 13.5. The van der Waals surface area contributed by atoms with Crippen LogP contribution in [0.15, 0.2) is 18.2 Å². The minimum atomic E-state index is -1.64. The van der Waals surface area contributed by atoms with Crippen molar-refractivity contribution in [2.24, 2.45) is 0 Å². The van der Waals surface area contributed by atoms with Crippen LogP contribution in [0.1, 0.15) is 19.4 Å². The van der Waals surface area contributed by atoms with Crippen molar-refractivity contribution in [3.63, 3.8) is 0 Å². The van der Waals surface area contributed by atoms with Crippen LogP contribution in [0.3, 0.4) is 0 Å². The van der Waals surface area contributed by atoms with Crippen LogP contribution in [0.25, 0.3) is 0 Å². The number of aliphatic hydroxyl groups excluding tert-OH is 1. The van der Waals surface area contributed by atoms with Gasteiger partial charge in [0.15, 0.2) is 6.10 Å². The fourth-order valence-electron chi connectivity index (χ4n) is 1.60. The number of benzene rings is 1. The lowest BCUT2D eigenvalue weighted by atomic mass is 9.79. The molecule has 1 aromatic rings. The molecule has 5 heteroatoms. The molecule has 16 heavy (non-hydrogen) atoms. The van der Waals surface area contributed by atoms with E-state index in [0.29, 0.717) is 0 Å². The first-order valence-electron chi connectivity index (χ1n) is 4.67.